The SMILES string of the molecule is C=CCCCCCCCCC(=O)C(CC)(C(=O)OC)c1ccccc1. The van der Waals surface area contributed by atoms with Crippen molar-refractivity contribution in [2.24, 2.45) is 0 Å². The fraction of sp³-hybridized carbons (Fsp3) is 0.545. The van der Waals surface area contributed by atoms with Crippen LogP contribution in [0.3, 0.4) is 0 Å². The first-order valence-corrected chi connectivity index (χ1v) is 9.41. The van der Waals surface area contributed by atoms with Gasteiger partial charge in [0.15, 0.2) is 11.2 Å². The Balaban J connectivity index is 2.63. The molecule has 0 aliphatic heterocycles. The van der Waals surface area contributed by atoms with Crippen LogP contribution < -0.4 is 0 Å². The summed E-state index contributed by atoms with van der Waals surface area (Å²) in [7, 11) is 1.35. The molecule has 0 aliphatic rings. The smallest absolute Gasteiger partial charge is 0.323 e. The molecule has 0 spiro atoms. The minimum Gasteiger partial charge on any atom is -0.468 e. The maximum absolute atomic E-state index is 13.0. The third-order valence-corrected chi connectivity index (χ3v) is 4.87. The Bertz CT molecular complexity index is 535. The summed E-state index contributed by atoms with van der Waals surface area (Å²) in [5.41, 5.74) is -0.432. The van der Waals surface area contributed by atoms with E-state index in [9.17, 15) is 9.59 Å². The molecule has 1 unspecified atom stereocenters. The van der Waals surface area contributed by atoms with Crippen molar-refractivity contribution in [2.45, 2.75) is 70.1 Å². The van der Waals surface area contributed by atoms with Crippen LogP contribution in [0.4, 0.5) is 0 Å². The molecule has 3 heteroatoms. The Morgan fingerprint density at radius 3 is 2.20 bits per heavy atom. The Labute approximate surface area is 152 Å². The van der Waals surface area contributed by atoms with E-state index in [0.29, 0.717) is 12.8 Å². The first-order chi connectivity index (χ1) is 12.1. The van der Waals surface area contributed by atoms with Crippen molar-refractivity contribution in [1.29, 1.82) is 0 Å². The summed E-state index contributed by atoms with van der Waals surface area (Å²) in [6.07, 6.45) is 10.5. The molecule has 138 valence electrons. The fourth-order valence-electron chi connectivity index (χ4n) is 3.33. The maximum atomic E-state index is 13.0. The third kappa shape index (κ3) is 5.84. The monoisotopic (exact) mass is 344 g/mol. The minimum atomic E-state index is -1.17. The van der Waals surface area contributed by atoms with E-state index in [4.69, 9.17) is 4.74 Å². The van der Waals surface area contributed by atoms with Gasteiger partial charge in [0.2, 0.25) is 0 Å². The van der Waals surface area contributed by atoms with Crippen molar-refractivity contribution < 1.29 is 14.3 Å². The molecule has 0 bridgehead atoms. The summed E-state index contributed by atoms with van der Waals surface area (Å²) >= 11 is 0. The van der Waals surface area contributed by atoms with E-state index in [1.807, 2.05) is 43.3 Å². The number of esters is 1. The van der Waals surface area contributed by atoms with Gasteiger partial charge in [0.1, 0.15) is 0 Å². The second-order valence-corrected chi connectivity index (χ2v) is 6.49. The van der Waals surface area contributed by atoms with E-state index >= 15 is 0 Å². The number of carbonyl (C=O) groups is 2. The van der Waals surface area contributed by atoms with Crippen LogP contribution in [-0.2, 0) is 19.7 Å². The van der Waals surface area contributed by atoms with Gasteiger partial charge in [-0.2, -0.15) is 0 Å². The largest absolute Gasteiger partial charge is 0.468 e. The zero-order valence-corrected chi connectivity index (χ0v) is 15.8. The molecule has 0 aromatic heterocycles. The van der Waals surface area contributed by atoms with E-state index in [2.05, 4.69) is 6.58 Å². The lowest BCUT2D eigenvalue weighted by Crippen LogP contribution is -2.44. The normalized spacial score (nSPS) is 13.0. The highest BCUT2D eigenvalue weighted by Crippen LogP contribution is 2.32. The number of rotatable bonds is 13. The van der Waals surface area contributed by atoms with Crippen LogP contribution >= 0.6 is 0 Å². The molecule has 1 atom stereocenters. The number of ketones is 1. The standard InChI is InChI=1S/C22H32O3/c1-4-6-7-8-9-10-11-15-18-20(23)22(5-2,21(24)25-3)19-16-13-12-14-17-19/h4,12-14,16-17H,1,5-11,15,18H2,2-3H3. The number of carbonyl (C=O) groups excluding carboxylic acids is 2. The van der Waals surface area contributed by atoms with Crippen LogP contribution in [0.2, 0.25) is 0 Å². The molecule has 3 nitrogen and oxygen atoms in total. The topological polar surface area (TPSA) is 43.4 Å². The van der Waals surface area contributed by atoms with Crippen LogP contribution in [0, 0.1) is 0 Å². The summed E-state index contributed by atoms with van der Waals surface area (Å²) < 4.78 is 5.00. The van der Waals surface area contributed by atoms with Crippen molar-refractivity contribution in [3.05, 3.63) is 48.6 Å². The van der Waals surface area contributed by atoms with Gasteiger partial charge >= 0.3 is 5.97 Å². The molecule has 1 aromatic carbocycles. The van der Waals surface area contributed by atoms with Gasteiger partial charge in [0.25, 0.3) is 0 Å². The van der Waals surface area contributed by atoms with E-state index in [-0.39, 0.29) is 5.78 Å². The predicted molar refractivity (Wildman–Crippen MR) is 103 cm³/mol. The van der Waals surface area contributed by atoms with E-state index in [1.165, 1.54) is 26.4 Å². The molecule has 0 N–H and O–H groups in total. The third-order valence-electron chi connectivity index (χ3n) is 4.87. The second kappa shape index (κ2) is 11.6. The van der Waals surface area contributed by atoms with Crippen molar-refractivity contribution in [1.82, 2.24) is 0 Å². The van der Waals surface area contributed by atoms with Crippen LogP contribution in [0.5, 0.6) is 0 Å². The molecule has 0 aliphatic carbocycles. The molecule has 1 rings (SSSR count). The van der Waals surface area contributed by atoms with Gasteiger partial charge < -0.3 is 4.74 Å². The average Bonchev–Trinajstić information content (AvgIpc) is 2.65. The lowest BCUT2D eigenvalue weighted by Gasteiger charge is -2.29. The Hall–Kier alpha value is -1.90. The minimum absolute atomic E-state index is 0.0280. The zero-order valence-electron chi connectivity index (χ0n) is 15.8. The van der Waals surface area contributed by atoms with Crippen LogP contribution in [0.15, 0.2) is 43.0 Å². The highest BCUT2D eigenvalue weighted by Gasteiger charge is 2.46. The lowest BCUT2D eigenvalue weighted by atomic mass is 9.73. The molecule has 0 fully saturated rings. The first-order valence-electron chi connectivity index (χ1n) is 9.41. The summed E-state index contributed by atoms with van der Waals surface area (Å²) in [5, 5.41) is 0. The number of methoxy groups -OCH3 is 1. The van der Waals surface area contributed by atoms with E-state index in [0.717, 1.165) is 31.2 Å². The molecule has 0 saturated carbocycles. The van der Waals surface area contributed by atoms with Crippen LogP contribution in [-0.4, -0.2) is 18.9 Å². The molecule has 25 heavy (non-hydrogen) atoms. The molecule has 0 radical (unpaired) electrons. The molecule has 1 aromatic rings. The first kappa shape index (κ1) is 21.1. The summed E-state index contributed by atoms with van der Waals surface area (Å²) in [5.74, 6) is -0.477. The number of ether oxygens (including phenoxy) is 1. The Kier molecular flexibility index (Phi) is 9.83. The van der Waals surface area contributed by atoms with Crippen molar-refractivity contribution in [2.75, 3.05) is 7.11 Å². The highest BCUT2D eigenvalue weighted by atomic mass is 16.5. The summed E-state index contributed by atoms with van der Waals surface area (Å²) in [6, 6.07) is 9.30. The van der Waals surface area contributed by atoms with Gasteiger partial charge in [-0.1, -0.05) is 69.0 Å². The highest BCUT2D eigenvalue weighted by molar-refractivity contribution is 6.09. The quantitative estimate of drug-likeness (QED) is 0.209. The summed E-state index contributed by atoms with van der Waals surface area (Å²) in [4.78, 5) is 25.5. The molecule has 0 heterocycles. The maximum Gasteiger partial charge on any atom is 0.323 e. The molecular weight excluding hydrogens is 312 g/mol. The average molecular weight is 344 g/mol. The van der Waals surface area contributed by atoms with Gasteiger partial charge in [-0.05, 0) is 31.2 Å². The number of hydrogen-bond donors (Lipinski definition) is 0. The van der Waals surface area contributed by atoms with Gasteiger partial charge in [-0.3, -0.25) is 9.59 Å². The Morgan fingerprint density at radius 2 is 1.64 bits per heavy atom. The van der Waals surface area contributed by atoms with Crippen molar-refractivity contribution in [3.63, 3.8) is 0 Å². The van der Waals surface area contributed by atoms with Gasteiger partial charge in [-0.25, -0.2) is 0 Å². The molecular formula is C22H32O3. The number of allylic oxidation sites excluding steroid dienone is 1. The summed E-state index contributed by atoms with van der Waals surface area (Å²) in [6.45, 7) is 5.61. The zero-order chi connectivity index (χ0) is 18.5. The molecule has 0 saturated heterocycles. The predicted octanol–water partition coefficient (Wildman–Crippen LogP) is 5.38. The molecule has 0 amide bonds. The Morgan fingerprint density at radius 1 is 1.04 bits per heavy atom. The second-order valence-electron chi connectivity index (χ2n) is 6.49. The van der Waals surface area contributed by atoms with Crippen LogP contribution in [0.1, 0.15) is 70.3 Å². The fourth-order valence-corrected chi connectivity index (χ4v) is 3.33. The van der Waals surface area contributed by atoms with E-state index in [1.54, 1.807) is 0 Å². The number of hydrogen-bond acceptors (Lipinski definition) is 3. The van der Waals surface area contributed by atoms with Crippen molar-refractivity contribution >= 4 is 11.8 Å². The number of Topliss-reactive ketones (excluding diaryl/α,β-unsaturated/α-hetero) is 1. The van der Waals surface area contributed by atoms with Crippen LogP contribution in [0.25, 0.3) is 0 Å². The number of benzene rings is 1. The van der Waals surface area contributed by atoms with Gasteiger partial charge in [-0.15, -0.1) is 6.58 Å². The van der Waals surface area contributed by atoms with Crippen molar-refractivity contribution in [3.8, 4) is 0 Å². The number of unbranched alkanes of at least 4 members (excludes halogenated alkanes) is 6. The van der Waals surface area contributed by atoms with Gasteiger partial charge in [0, 0.05) is 6.42 Å². The van der Waals surface area contributed by atoms with Gasteiger partial charge in [0.05, 0.1) is 7.11 Å². The van der Waals surface area contributed by atoms with E-state index < -0.39 is 11.4 Å². The lowest BCUT2D eigenvalue weighted by molar-refractivity contribution is -0.152.